The number of hydrogen-bond donors (Lipinski definition) is 2. The fourth-order valence-electron chi connectivity index (χ4n) is 2.60. The predicted octanol–water partition coefficient (Wildman–Crippen LogP) is 0.889. The van der Waals surface area contributed by atoms with Crippen LogP contribution in [-0.2, 0) is 4.74 Å². The number of nitrogen functional groups attached to an aromatic ring is 1. The highest BCUT2D eigenvalue weighted by molar-refractivity contribution is 5.95. The Morgan fingerprint density at radius 3 is 2.86 bits per heavy atom. The lowest BCUT2D eigenvalue weighted by molar-refractivity contribution is -0.139. The lowest BCUT2D eigenvalue weighted by Crippen LogP contribution is -2.55. The van der Waals surface area contributed by atoms with Gasteiger partial charge in [0.1, 0.15) is 5.75 Å². The zero-order valence-electron chi connectivity index (χ0n) is 12.6. The smallest absolute Gasteiger partial charge is 0.254 e. The van der Waals surface area contributed by atoms with Crippen molar-refractivity contribution in [2.24, 2.45) is 0 Å². The second kappa shape index (κ2) is 5.91. The number of carbonyl (C=O) groups excluding carboxylic acids is 1. The van der Waals surface area contributed by atoms with E-state index in [2.05, 4.69) is 0 Å². The minimum atomic E-state index is -0.487. The summed E-state index contributed by atoms with van der Waals surface area (Å²) in [5.41, 5.74) is 6.29. The van der Waals surface area contributed by atoms with Crippen molar-refractivity contribution in [3.8, 4) is 5.75 Å². The van der Waals surface area contributed by atoms with Crippen LogP contribution >= 0.6 is 0 Å². The predicted molar refractivity (Wildman–Crippen MR) is 79.3 cm³/mol. The van der Waals surface area contributed by atoms with Crippen LogP contribution in [0.25, 0.3) is 0 Å². The molecule has 1 aromatic rings. The lowest BCUT2D eigenvalue weighted by Gasteiger charge is -2.42. The first-order valence-corrected chi connectivity index (χ1v) is 6.88. The molecule has 1 atom stereocenters. The van der Waals surface area contributed by atoms with E-state index in [1.165, 1.54) is 7.11 Å². The molecule has 1 aliphatic heterocycles. The van der Waals surface area contributed by atoms with Crippen LogP contribution in [0.5, 0.6) is 5.75 Å². The molecule has 1 fully saturated rings. The van der Waals surface area contributed by atoms with E-state index in [1.807, 2.05) is 13.8 Å². The molecule has 0 saturated carbocycles. The number of methoxy groups -OCH3 is 1. The highest BCUT2D eigenvalue weighted by Crippen LogP contribution is 2.25. The van der Waals surface area contributed by atoms with Crippen LogP contribution in [0, 0.1) is 0 Å². The summed E-state index contributed by atoms with van der Waals surface area (Å²) >= 11 is 0. The maximum Gasteiger partial charge on any atom is 0.254 e. The van der Waals surface area contributed by atoms with Crippen molar-refractivity contribution >= 4 is 11.6 Å². The SMILES string of the molecule is COc1ccc(C(=O)N2CC(CO)OC(C)(C)C2)cc1N. The summed E-state index contributed by atoms with van der Waals surface area (Å²) < 4.78 is 10.8. The summed E-state index contributed by atoms with van der Waals surface area (Å²) in [5, 5.41) is 9.31. The highest BCUT2D eigenvalue weighted by Gasteiger charge is 2.35. The molecule has 21 heavy (non-hydrogen) atoms. The largest absolute Gasteiger partial charge is 0.495 e. The number of aliphatic hydroxyl groups is 1. The fraction of sp³-hybridized carbons (Fsp3) is 0.533. The molecule has 116 valence electrons. The van der Waals surface area contributed by atoms with Crippen molar-refractivity contribution in [3.63, 3.8) is 0 Å². The van der Waals surface area contributed by atoms with Gasteiger partial charge in [-0.2, -0.15) is 0 Å². The first kappa shape index (κ1) is 15.6. The Kier molecular flexibility index (Phi) is 4.39. The summed E-state index contributed by atoms with van der Waals surface area (Å²) in [6.45, 7) is 4.52. The molecule has 1 amide bonds. The minimum Gasteiger partial charge on any atom is -0.495 e. The second-order valence-corrected chi connectivity index (χ2v) is 5.82. The molecule has 0 aromatic heterocycles. The number of aliphatic hydroxyl groups excluding tert-OH is 1. The molecular weight excluding hydrogens is 272 g/mol. The van der Waals surface area contributed by atoms with Crippen LogP contribution < -0.4 is 10.5 Å². The van der Waals surface area contributed by atoms with Crippen molar-refractivity contribution in [1.82, 2.24) is 4.90 Å². The molecule has 0 bridgehead atoms. The van der Waals surface area contributed by atoms with Gasteiger partial charge in [-0.15, -0.1) is 0 Å². The van der Waals surface area contributed by atoms with Gasteiger partial charge in [0.15, 0.2) is 0 Å². The number of morpholine rings is 1. The van der Waals surface area contributed by atoms with E-state index in [-0.39, 0.29) is 18.6 Å². The van der Waals surface area contributed by atoms with E-state index >= 15 is 0 Å². The van der Waals surface area contributed by atoms with Crippen LogP contribution in [0.15, 0.2) is 18.2 Å². The average molecular weight is 294 g/mol. The van der Waals surface area contributed by atoms with Crippen molar-refractivity contribution in [1.29, 1.82) is 0 Å². The third-order valence-electron chi connectivity index (χ3n) is 3.45. The molecule has 6 heteroatoms. The van der Waals surface area contributed by atoms with Crippen molar-refractivity contribution in [2.75, 3.05) is 32.5 Å². The van der Waals surface area contributed by atoms with Gasteiger partial charge >= 0.3 is 0 Å². The third-order valence-corrected chi connectivity index (χ3v) is 3.45. The van der Waals surface area contributed by atoms with Crippen molar-refractivity contribution < 1.29 is 19.4 Å². The Labute approximate surface area is 124 Å². The number of amides is 1. The summed E-state index contributed by atoms with van der Waals surface area (Å²) in [6, 6.07) is 4.98. The number of rotatable bonds is 3. The van der Waals surface area contributed by atoms with E-state index in [9.17, 15) is 9.90 Å². The van der Waals surface area contributed by atoms with Crippen LogP contribution in [0.2, 0.25) is 0 Å². The summed E-state index contributed by atoms with van der Waals surface area (Å²) in [7, 11) is 1.53. The first-order chi connectivity index (χ1) is 9.86. The van der Waals surface area contributed by atoms with E-state index in [0.29, 0.717) is 30.1 Å². The van der Waals surface area contributed by atoms with Crippen LogP contribution in [0.1, 0.15) is 24.2 Å². The standard InChI is InChI=1S/C15H22N2O4/c1-15(2)9-17(7-11(8-18)21-15)14(19)10-4-5-13(20-3)12(16)6-10/h4-6,11,18H,7-9,16H2,1-3H3. The van der Waals surface area contributed by atoms with Crippen LogP contribution in [-0.4, -0.2) is 54.4 Å². The molecular formula is C15H22N2O4. The molecule has 0 radical (unpaired) electrons. The van der Waals surface area contributed by atoms with Crippen molar-refractivity contribution in [3.05, 3.63) is 23.8 Å². The Morgan fingerprint density at radius 2 is 2.29 bits per heavy atom. The Hall–Kier alpha value is -1.79. The molecule has 6 nitrogen and oxygen atoms in total. The van der Waals surface area contributed by atoms with E-state index in [0.717, 1.165) is 0 Å². The zero-order valence-corrected chi connectivity index (χ0v) is 12.6. The topological polar surface area (TPSA) is 85.0 Å². The van der Waals surface area contributed by atoms with Gasteiger partial charge in [-0.3, -0.25) is 4.79 Å². The Morgan fingerprint density at radius 1 is 1.57 bits per heavy atom. The van der Waals surface area contributed by atoms with Crippen LogP contribution in [0.3, 0.4) is 0 Å². The number of hydrogen-bond acceptors (Lipinski definition) is 5. The molecule has 0 spiro atoms. The molecule has 1 aromatic carbocycles. The molecule has 2 rings (SSSR count). The van der Waals surface area contributed by atoms with Crippen LogP contribution in [0.4, 0.5) is 5.69 Å². The molecule has 1 heterocycles. The van der Waals surface area contributed by atoms with Gasteiger partial charge in [-0.25, -0.2) is 0 Å². The second-order valence-electron chi connectivity index (χ2n) is 5.82. The first-order valence-electron chi connectivity index (χ1n) is 6.88. The quantitative estimate of drug-likeness (QED) is 0.809. The molecule has 1 aliphatic rings. The number of anilines is 1. The fourth-order valence-corrected chi connectivity index (χ4v) is 2.60. The normalized spacial score (nSPS) is 21.1. The van der Waals surface area contributed by atoms with Gasteiger partial charge < -0.3 is 25.2 Å². The molecule has 1 unspecified atom stereocenters. The maximum atomic E-state index is 12.6. The van der Waals surface area contributed by atoms with Gasteiger partial charge in [0.25, 0.3) is 5.91 Å². The number of carbonyl (C=O) groups is 1. The summed E-state index contributed by atoms with van der Waals surface area (Å²) in [4.78, 5) is 14.3. The van der Waals surface area contributed by atoms with Crippen molar-refractivity contribution in [2.45, 2.75) is 25.6 Å². The van der Waals surface area contributed by atoms with Gasteiger partial charge in [0.05, 0.1) is 31.1 Å². The lowest BCUT2D eigenvalue weighted by atomic mass is 10.0. The van der Waals surface area contributed by atoms with E-state index in [4.69, 9.17) is 15.2 Å². The highest BCUT2D eigenvalue weighted by atomic mass is 16.5. The Balaban J connectivity index is 2.20. The number of nitrogens with zero attached hydrogens (tertiary/aromatic N) is 1. The summed E-state index contributed by atoms with van der Waals surface area (Å²) in [6.07, 6.45) is -0.367. The molecule has 1 saturated heterocycles. The van der Waals surface area contributed by atoms with E-state index in [1.54, 1.807) is 23.1 Å². The molecule has 3 N–H and O–H groups in total. The monoisotopic (exact) mass is 294 g/mol. The third kappa shape index (κ3) is 3.46. The zero-order chi connectivity index (χ0) is 15.6. The minimum absolute atomic E-state index is 0.113. The van der Waals surface area contributed by atoms with Gasteiger partial charge in [0.2, 0.25) is 0 Å². The van der Waals surface area contributed by atoms with Gasteiger partial charge in [0, 0.05) is 18.7 Å². The summed E-state index contributed by atoms with van der Waals surface area (Å²) in [5.74, 6) is 0.418. The maximum absolute atomic E-state index is 12.6. The van der Waals surface area contributed by atoms with E-state index < -0.39 is 5.60 Å². The van der Waals surface area contributed by atoms with Gasteiger partial charge in [-0.05, 0) is 32.0 Å². The number of nitrogens with two attached hydrogens (primary N) is 1. The number of ether oxygens (including phenoxy) is 2. The van der Waals surface area contributed by atoms with Gasteiger partial charge in [-0.1, -0.05) is 0 Å². The average Bonchev–Trinajstić information content (AvgIpc) is 2.44. The number of benzene rings is 1. The Bertz CT molecular complexity index is 530. The molecule has 0 aliphatic carbocycles.